The van der Waals surface area contributed by atoms with Gasteiger partial charge in [-0.15, -0.1) is 0 Å². The van der Waals surface area contributed by atoms with E-state index in [1.54, 1.807) is 6.07 Å². The first-order valence-electron chi connectivity index (χ1n) is 5.69. The molecule has 100 valence electrons. The lowest BCUT2D eigenvalue weighted by Crippen LogP contribution is -2.30. The van der Waals surface area contributed by atoms with Crippen LogP contribution >= 0.6 is 31.9 Å². The molecule has 1 aromatic rings. The zero-order valence-corrected chi connectivity index (χ0v) is 13.6. The summed E-state index contributed by atoms with van der Waals surface area (Å²) in [6.07, 6.45) is 1.03. The molecule has 4 N–H and O–H groups in total. The summed E-state index contributed by atoms with van der Waals surface area (Å²) in [6, 6.07) is 3.63. The molecule has 0 spiro atoms. The molecule has 0 bridgehead atoms. The van der Waals surface area contributed by atoms with Gasteiger partial charge in [0.15, 0.2) is 0 Å². The fraction of sp³-hybridized carbons (Fsp3) is 0.417. The molecule has 0 radical (unpaired) electrons. The van der Waals surface area contributed by atoms with Gasteiger partial charge in [0.2, 0.25) is 0 Å². The molecule has 0 saturated carbocycles. The van der Waals surface area contributed by atoms with E-state index in [2.05, 4.69) is 56.4 Å². The number of halogens is 2. The van der Waals surface area contributed by atoms with Gasteiger partial charge in [-0.3, -0.25) is 10.2 Å². The maximum atomic E-state index is 11.7. The Hall–Kier alpha value is -0.590. The summed E-state index contributed by atoms with van der Waals surface area (Å²) in [5.74, 6) is 5.49. The van der Waals surface area contributed by atoms with Crippen LogP contribution in [0.5, 0.6) is 0 Å². The number of carbonyl (C=O) groups is 1. The molecule has 0 aliphatic rings. The number of nitrogen functional groups attached to an aromatic ring is 1. The number of benzene rings is 1. The molecule has 0 heterocycles. The minimum Gasteiger partial charge on any atom is -0.383 e. The number of anilines is 1. The van der Waals surface area contributed by atoms with Gasteiger partial charge in [0.1, 0.15) is 0 Å². The van der Waals surface area contributed by atoms with Gasteiger partial charge in [0, 0.05) is 15.5 Å². The van der Waals surface area contributed by atoms with E-state index in [1.807, 2.05) is 6.07 Å². The van der Waals surface area contributed by atoms with Gasteiger partial charge in [-0.25, -0.2) is 5.84 Å². The van der Waals surface area contributed by atoms with E-state index < -0.39 is 0 Å². The van der Waals surface area contributed by atoms with Crippen molar-refractivity contribution >= 4 is 43.5 Å². The SMILES string of the molecule is CC(C)CCNc1c(Br)cc(Br)cc1C(=O)NN. The molecule has 0 saturated heterocycles. The van der Waals surface area contributed by atoms with E-state index in [9.17, 15) is 4.79 Å². The molecule has 0 unspecified atom stereocenters. The summed E-state index contributed by atoms with van der Waals surface area (Å²) in [4.78, 5) is 11.7. The standard InChI is InChI=1S/C12H17Br2N3O/c1-7(2)3-4-16-11-9(12(18)17-15)5-8(13)6-10(11)14/h5-7,16H,3-4,15H2,1-2H3,(H,17,18). The van der Waals surface area contributed by atoms with E-state index in [0.717, 1.165) is 27.6 Å². The normalized spacial score (nSPS) is 10.6. The molecule has 18 heavy (non-hydrogen) atoms. The Bertz CT molecular complexity index is 436. The molecule has 0 aliphatic heterocycles. The highest BCUT2D eigenvalue weighted by Gasteiger charge is 2.14. The molecule has 1 rings (SSSR count). The summed E-state index contributed by atoms with van der Waals surface area (Å²) < 4.78 is 1.65. The van der Waals surface area contributed by atoms with Crippen LogP contribution in [0, 0.1) is 5.92 Å². The molecular weight excluding hydrogens is 362 g/mol. The lowest BCUT2D eigenvalue weighted by Gasteiger charge is -2.14. The van der Waals surface area contributed by atoms with E-state index in [4.69, 9.17) is 5.84 Å². The zero-order valence-electron chi connectivity index (χ0n) is 10.4. The van der Waals surface area contributed by atoms with Crippen LogP contribution in [0.4, 0.5) is 5.69 Å². The predicted molar refractivity (Wildman–Crippen MR) is 81.4 cm³/mol. The maximum Gasteiger partial charge on any atom is 0.267 e. The van der Waals surface area contributed by atoms with Crippen LogP contribution in [0.3, 0.4) is 0 Å². The van der Waals surface area contributed by atoms with Crippen molar-refractivity contribution in [2.45, 2.75) is 20.3 Å². The fourth-order valence-corrected chi connectivity index (χ4v) is 2.86. The Balaban J connectivity index is 2.96. The second-order valence-electron chi connectivity index (χ2n) is 4.39. The summed E-state index contributed by atoms with van der Waals surface area (Å²) in [5, 5.41) is 3.27. The quantitative estimate of drug-likeness (QED) is 0.418. The maximum absolute atomic E-state index is 11.7. The Labute approximate surface area is 124 Å². The van der Waals surface area contributed by atoms with E-state index in [0.29, 0.717) is 11.5 Å². The van der Waals surface area contributed by atoms with Crippen molar-refractivity contribution < 1.29 is 4.79 Å². The third-order valence-corrected chi connectivity index (χ3v) is 3.54. The fourth-order valence-electron chi connectivity index (χ4n) is 1.50. The van der Waals surface area contributed by atoms with Gasteiger partial charge in [-0.1, -0.05) is 29.8 Å². The van der Waals surface area contributed by atoms with Crippen molar-refractivity contribution in [2.75, 3.05) is 11.9 Å². The first-order valence-corrected chi connectivity index (χ1v) is 7.28. The van der Waals surface area contributed by atoms with Gasteiger partial charge in [-0.2, -0.15) is 0 Å². The lowest BCUT2D eigenvalue weighted by atomic mass is 10.1. The molecule has 1 amide bonds. The summed E-state index contributed by atoms with van der Waals surface area (Å²) in [6.45, 7) is 5.13. The molecule has 4 nitrogen and oxygen atoms in total. The van der Waals surface area contributed by atoms with E-state index in [1.165, 1.54) is 0 Å². The van der Waals surface area contributed by atoms with Crippen LogP contribution in [-0.2, 0) is 0 Å². The van der Waals surface area contributed by atoms with Gasteiger partial charge in [0.25, 0.3) is 5.91 Å². The van der Waals surface area contributed by atoms with Crippen LogP contribution in [0.25, 0.3) is 0 Å². The van der Waals surface area contributed by atoms with Crippen LogP contribution < -0.4 is 16.6 Å². The van der Waals surface area contributed by atoms with Crippen LogP contribution in [0.2, 0.25) is 0 Å². The van der Waals surface area contributed by atoms with Gasteiger partial charge in [-0.05, 0) is 40.4 Å². The van der Waals surface area contributed by atoms with E-state index in [-0.39, 0.29) is 5.91 Å². The average Bonchev–Trinajstić information content (AvgIpc) is 2.30. The molecule has 0 aromatic heterocycles. The molecule has 1 aromatic carbocycles. The summed E-state index contributed by atoms with van der Waals surface area (Å²) in [7, 11) is 0. The minimum atomic E-state index is -0.316. The lowest BCUT2D eigenvalue weighted by molar-refractivity contribution is 0.0954. The molecule has 0 atom stereocenters. The van der Waals surface area contributed by atoms with Gasteiger partial charge < -0.3 is 5.32 Å². The Morgan fingerprint density at radius 1 is 1.39 bits per heavy atom. The first-order chi connectivity index (χ1) is 8.45. The Morgan fingerprint density at radius 3 is 2.61 bits per heavy atom. The third-order valence-electron chi connectivity index (χ3n) is 2.45. The average molecular weight is 379 g/mol. The van der Waals surface area contributed by atoms with Crippen molar-refractivity contribution in [1.29, 1.82) is 0 Å². The first kappa shape index (κ1) is 15.5. The predicted octanol–water partition coefficient (Wildman–Crippen LogP) is 3.27. The molecule has 6 heteroatoms. The largest absolute Gasteiger partial charge is 0.383 e. The third kappa shape index (κ3) is 4.26. The second kappa shape index (κ2) is 7.11. The van der Waals surface area contributed by atoms with Gasteiger partial charge >= 0.3 is 0 Å². The smallest absolute Gasteiger partial charge is 0.267 e. The van der Waals surface area contributed by atoms with Crippen LogP contribution in [0.15, 0.2) is 21.1 Å². The van der Waals surface area contributed by atoms with Crippen molar-refractivity contribution in [3.05, 3.63) is 26.6 Å². The van der Waals surface area contributed by atoms with E-state index >= 15 is 0 Å². The number of nitrogens with two attached hydrogens (primary N) is 1. The number of amides is 1. The summed E-state index contributed by atoms with van der Waals surface area (Å²) >= 11 is 6.81. The van der Waals surface area contributed by atoms with Crippen molar-refractivity contribution in [1.82, 2.24) is 5.43 Å². The van der Waals surface area contributed by atoms with Crippen LogP contribution in [-0.4, -0.2) is 12.5 Å². The Kier molecular flexibility index (Phi) is 6.11. The number of rotatable bonds is 5. The number of hydrogen-bond acceptors (Lipinski definition) is 3. The molecule has 0 aliphatic carbocycles. The molecule has 0 fully saturated rings. The Morgan fingerprint density at radius 2 is 2.06 bits per heavy atom. The van der Waals surface area contributed by atoms with Crippen molar-refractivity contribution in [3.8, 4) is 0 Å². The number of hydrazine groups is 1. The zero-order chi connectivity index (χ0) is 13.7. The number of carbonyl (C=O) groups excluding carboxylic acids is 1. The number of hydrogen-bond donors (Lipinski definition) is 3. The van der Waals surface area contributed by atoms with Crippen LogP contribution in [0.1, 0.15) is 30.6 Å². The molecular formula is C12H17Br2N3O. The highest BCUT2D eigenvalue weighted by atomic mass is 79.9. The monoisotopic (exact) mass is 377 g/mol. The van der Waals surface area contributed by atoms with Gasteiger partial charge in [0.05, 0.1) is 11.3 Å². The highest BCUT2D eigenvalue weighted by Crippen LogP contribution is 2.30. The van der Waals surface area contributed by atoms with Crippen molar-refractivity contribution in [2.24, 2.45) is 11.8 Å². The highest BCUT2D eigenvalue weighted by molar-refractivity contribution is 9.11. The second-order valence-corrected chi connectivity index (χ2v) is 6.16. The minimum absolute atomic E-state index is 0.316. The number of nitrogens with one attached hydrogen (secondary N) is 2. The van der Waals surface area contributed by atoms with Crippen molar-refractivity contribution in [3.63, 3.8) is 0 Å². The summed E-state index contributed by atoms with van der Waals surface area (Å²) in [5.41, 5.74) is 3.44. The topological polar surface area (TPSA) is 67.2 Å².